The van der Waals surface area contributed by atoms with E-state index in [1.165, 1.54) is 0 Å². The van der Waals surface area contributed by atoms with Crippen molar-refractivity contribution in [2.75, 3.05) is 6.54 Å². The molecular formula is C7H15ClN2O2. The maximum atomic E-state index is 9.99. The van der Waals surface area contributed by atoms with Crippen molar-refractivity contribution < 1.29 is 9.53 Å². The smallest absolute Gasteiger partial charge is 0.294 e. The molecule has 0 bridgehead atoms. The molecule has 5 heteroatoms. The van der Waals surface area contributed by atoms with E-state index in [-0.39, 0.29) is 24.8 Å². The molecular weight excluding hydrogens is 180 g/mol. The first kappa shape index (κ1) is 11.7. The second kappa shape index (κ2) is 5.35. The average Bonchev–Trinajstić information content (AvgIpc) is 2.36. The Morgan fingerprint density at radius 1 is 1.75 bits per heavy atom. The molecule has 0 saturated carbocycles. The van der Waals surface area contributed by atoms with Crippen LogP contribution in [-0.2, 0) is 9.53 Å². The van der Waals surface area contributed by atoms with Crippen LogP contribution < -0.4 is 5.73 Å². The summed E-state index contributed by atoms with van der Waals surface area (Å²) >= 11 is 0. The van der Waals surface area contributed by atoms with Crippen LogP contribution in [-0.4, -0.2) is 30.3 Å². The maximum absolute atomic E-state index is 9.99. The first-order valence-corrected chi connectivity index (χ1v) is 3.86. The van der Waals surface area contributed by atoms with Crippen LogP contribution in [0.3, 0.4) is 0 Å². The highest BCUT2D eigenvalue weighted by Gasteiger charge is 2.25. The normalized spacial score (nSPS) is 26.0. The molecule has 2 N–H and O–H groups in total. The zero-order valence-electron chi connectivity index (χ0n) is 7.10. The number of likely N-dealkylation sites (tertiary alicyclic amines) is 1. The highest BCUT2D eigenvalue weighted by Crippen LogP contribution is 2.15. The minimum Gasteiger partial charge on any atom is -0.449 e. The fraction of sp³-hybridized carbons (Fsp3) is 0.857. The lowest BCUT2D eigenvalue weighted by atomic mass is 10.3. The Morgan fingerprint density at radius 3 is 2.83 bits per heavy atom. The Morgan fingerprint density at radius 2 is 2.42 bits per heavy atom. The summed E-state index contributed by atoms with van der Waals surface area (Å²) in [5.41, 5.74) is 5.74. The quantitative estimate of drug-likeness (QED) is 0.657. The number of carbonyl (C=O) groups excluding carboxylic acids is 1. The van der Waals surface area contributed by atoms with E-state index in [9.17, 15) is 4.79 Å². The third-order valence-electron chi connectivity index (χ3n) is 2.06. The van der Waals surface area contributed by atoms with Crippen LogP contribution in [0.25, 0.3) is 0 Å². The number of nitrogens with two attached hydrogens (primary N) is 1. The topological polar surface area (TPSA) is 55.6 Å². The molecule has 12 heavy (non-hydrogen) atoms. The summed E-state index contributed by atoms with van der Waals surface area (Å²) in [6.07, 6.45) is 1.97. The van der Waals surface area contributed by atoms with E-state index >= 15 is 0 Å². The molecule has 2 atom stereocenters. The van der Waals surface area contributed by atoms with Crippen LogP contribution in [0.5, 0.6) is 0 Å². The molecule has 1 aliphatic rings. The van der Waals surface area contributed by atoms with Gasteiger partial charge in [-0.2, -0.15) is 0 Å². The lowest BCUT2D eigenvalue weighted by molar-refractivity contribution is -0.142. The summed E-state index contributed by atoms with van der Waals surface area (Å²) in [6, 6.07) is 0. The van der Waals surface area contributed by atoms with E-state index in [4.69, 9.17) is 10.5 Å². The molecule has 0 amide bonds. The van der Waals surface area contributed by atoms with Crippen LogP contribution in [0.2, 0.25) is 0 Å². The van der Waals surface area contributed by atoms with Crippen LogP contribution in [0.15, 0.2) is 0 Å². The Kier molecular flexibility index (Phi) is 5.20. The monoisotopic (exact) mass is 194 g/mol. The third-order valence-corrected chi connectivity index (χ3v) is 2.06. The second-order valence-electron chi connectivity index (χ2n) is 2.78. The Hall–Kier alpha value is -0.320. The predicted molar refractivity (Wildman–Crippen MR) is 47.8 cm³/mol. The SMILES string of the molecule is CC(OC=O)N1CCCC1N.Cl. The fourth-order valence-corrected chi connectivity index (χ4v) is 1.42. The summed E-state index contributed by atoms with van der Waals surface area (Å²) in [7, 11) is 0. The number of rotatable bonds is 3. The molecule has 2 unspecified atom stereocenters. The molecule has 1 fully saturated rings. The molecule has 0 aromatic carbocycles. The van der Waals surface area contributed by atoms with Gasteiger partial charge in [0.1, 0.15) is 0 Å². The molecule has 0 spiro atoms. The van der Waals surface area contributed by atoms with Crippen LogP contribution >= 0.6 is 12.4 Å². The third kappa shape index (κ3) is 2.62. The zero-order chi connectivity index (χ0) is 8.27. The van der Waals surface area contributed by atoms with Gasteiger partial charge >= 0.3 is 0 Å². The number of hydrogen-bond acceptors (Lipinski definition) is 4. The van der Waals surface area contributed by atoms with Crippen molar-refractivity contribution in [2.24, 2.45) is 5.73 Å². The van der Waals surface area contributed by atoms with E-state index < -0.39 is 0 Å². The lowest BCUT2D eigenvalue weighted by Crippen LogP contribution is -2.43. The number of hydrogen-bond donors (Lipinski definition) is 1. The van der Waals surface area contributed by atoms with Gasteiger partial charge < -0.3 is 10.5 Å². The van der Waals surface area contributed by atoms with Crippen molar-refractivity contribution in [3.63, 3.8) is 0 Å². The van der Waals surface area contributed by atoms with Crippen molar-refractivity contribution in [1.29, 1.82) is 0 Å². The van der Waals surface area contributed by atoms with Gasteiger partial charge in [-0.3, -0.25) is 9.69 Å². The summed E-state index contributed by atoms with van der Waals surface area (Å²) in [5.74, 6) is 0. The first-order valence-electron chi connectivity index (χ1n) is 3.86. The summed E-state index contributed by atoms with van der Waals surface area (Å²) in [4.78, 5) is 12.0. The van der Waals surface area contributed by atoms with Crippen LogP contribution in [0.1, 0.15) is 19.8 Å². The molecule has 0 aliphatic carbocycles. The number of nitrogens with zero attached hydrogens (tertiary/aromatic N) is 1. The van der Waals surface area contributed by atoms with Crippen molar-refractivity contribution >= 4 is 18.9 Å². The predicted octanol–water partition coefficient (Wildman–Crippen LogP) is 0.308. The first-order chi connectivity index (χ1) is 5.25. The molecule has 0 aromatic rings. The van der Waals surface area contributed by atoms with E-state index in [0.29, 0.717) is 6.47 Å². The highest BCUT2D eigenvalue weighted by molar-refractivity contribution is 5.85. The number of halogens is 1. The minimum absolute atomic E-state index is 0. The van der Waals surface area contributed by atoms with Crippen LogP contribution in [0.4, 0.5) is 0 Å². The van der Waals surface area contributed by atoms with Crippen molar-refractivity contribution in [1.82, 2.24) is 4.90 Å². The van der Waals surface area contributed by atoms with Gasteiger partial charge in [-0.1, -0.05) is 0 Å². The van der Waals surface area contributed by atoms with Gasteiger partial charge in [-0.25, -0.2) is 0 Å². The molecule has 1 aliphatic heterocycles. The molecule has 0 aromatic heterocycles. The Labute approximate surface area is 78.5 Å². The van der Waals surface area contributed by atoms with Crippen molar-refractivity contribution in [3.8, 4) is 0 Å². The summed E-state index contributed by atoms with van der Waals surface area (Å²) < 4.78 is 4.76. The fourth-order valence-electron chi connectivity index (χ4n) is 1.42. The highest BCUT2D eigenvalue weighted by atomic mass is 35.5. The van der Waals surface area contributed by atoms with E-state index in [1.807, 2.05) is 11.8 Å². The van der Waals surface area contributed by atoms with E-state index in [0.717, 1.165) is 19.4 Å². The van der Waals surface area contributed by atoms with Gasteiger partial charge in [0.2, 0.25) is 0 Å². The minimum atomic E-state index is -0.176. The van der Waals surface area contributed by atoms with Gasteiger partial charge in [0.05, 0.1) is 6.17 Å². The Bertz CT molecular complexity index is 145. The van der Waals surface area contributed by atoms with Crippen molar-refractivity contribution in [2.45, 2.75) is 32.2 Å². The molecule has 1 rings (SSSR count). The molecule has 72 valence electrons. The number of ether oxygens (including phenoxy) is 1. The largest absolute Gasteiger partial charge is 0.449 e. The van der Waals surface area contributed by atoms with Crippen LogP contribution in [0, 0.1) is 0 Å². The zero-order valence-corrected chi connectivity index (χ0v) is 7.92. The second-order valence-corrected chi connectivity index (χ2v) is 2.78. The molecule has 4 nitrogen and oxygen atoms in total. The van der Waals surface area contributed by atoms with Gasteiger partial charge in [-0.15, -0.1) is 12.4 Å². The standard InChI is InChI=1S/C7H14N2O2.ClH/c1-6(11-5-10)9-4-2-3-7(9)8;/h5-7H,2-4,8H2,1H3;1H. The summed E-state index contributed by atoms with van der Waals surface area (Å²) in [6.45, 7) is 3.23. The molecule has 1 heterocycles. The van der Waals surface area contributed by atoms with Gasteiger partial charge in [0.25, 0.3) is 6.47 Å². The maximum Gasteiger partial charge on any atom is 0.294 e. The summed E-state index contributed by atoms with van der Waals surface area (Å²) in [5, 5.41) is 0. The Balaban J connectivity index is 0.00000121. The van der Waals surface area contributed by atoms with Gasteiger partial charge in [-0.05, 0) is 19.8 Å². The van der Waals surface area contributed by atoms with E-state index in [2.05, 4.69) is 0 Å². The number of carbonyl (C=O) groups is 1. The lowest BCUT2D eigenvalue weighted by Gasteiger charge is -2.25. The van der Waals surface area contributed by atoms with Gasteiger partial charge in [0.15, 0.2) is 6.23 Å². The van der Waals surface area contributed by atoms with Crippen molar-refractivity contribution in [3.05, 3.63) is 0 Å². The molecule has 1 saturated heterocycles. The van der Waals surface area contributed by atoms with E-state index in [1.54, 1.807) is 0 Å². The van der Waals surface area contributed by atoms with Gasteiger partial charge in [0, 0.05) is 6.54 Å². The average molecular weight is 195 g/mol. The molecule has 0 radical (unpaired) electrons.